The monoisotopic (exact) mass is 711 g/mol. The number of carboxylic acid groups (broad SMARTS) is 1. The number of carboxylic acids is 1. The Bertz CT molecular complexity index is 2250. The average molecular weight is 712 g/mol. The van der Waals surface area contributed by atoms with Crippen molar-refractivity contribution in [2.45, 2.75) is 81.3 Å². The van der Waals surface area contributed by atoms with Crippen molar-refractivity contribution in [3.8, 4) is 16.9 Å². The zero-order valence-electron chi connectivity index (χ0n) is 27.8. The number of hydrogen-bond donors (Lipinski definition) is 1. The number of benzene rings is 3. The van der Waals surface area contributed by atoms with Gasteiger partial charge in [-0.15, -0.1) is 23.5 Å². The van der Waals surface area contributed by atoms with Crippen molar-refractivity contribution in [1.82, 2.24) is 24.1 Å². The highest BCUT2D eigenvalue weighted by Crippen LogP contribution is 2.45. The predicted octanol–water partition coefficient (Wildman–Crippen LogP) is 9.55. The van der Waals surface area contributed by atoms with Crippen LogP contribution in [0.1, 0.15) is 71.6 Å². The number of hydrogen-bond acceptors (Lipinski definition) is 6. The summed E-state index contributed by atoms with van der Waals surface area (Å²) in [5.41, 5.74) is 8.26. The largest absolute Gasteiger partial charge is 0.493 e. The van der Waals surface area contributed by atoms with E-state index < -0.39 is 5.97 Å². The number of halogens is 1. The first kappa shape index (κ1) is 32.4. The summed E-state index contributed by atoms with van der Waals surface area (Å²) in [6.07, 6.45) is 2.58. The van der Waals surface area contributed by atoms with Crippen molar-refractivity contribution in [3.63, 3.8) is 0 Å². The molecule has 49 heavy (non-hydrogen) atoms. The lowest BCUT2D eigenvalue weighted by Gasteiger charge is -2.14. The van der Waals surface area contributed by atoms with E-state index >= 15 is 0 Å². The molecule has 0 spiro atoms. The van der Waals surface area contributed by atoms with Crippen molar-refractivity contribution < 1.29 is 14.6 Å². The minimum absolute atomic E-state index is 0.243. The lowest BCUT2D eigenvalue weighted by Crippen LogP contribution is -2.12. The maximum absolute atomic E-state index is 12.8. The Morgan fingerprint density at radius 3 is 2.69 bits per heavy atom. The summed E-state index contributed by atoms with van der Waals surface area (Å²) in [4.78, 5) is 14.0. The van der Waals surface area contributed by atoms with Crippen molar-refractivity contribution in [3.05, 3.63) is 93.7 Å². The van der Waals surface area contributed by atoms with Crippen LogP contribution in [0.5, 0.6) is 5.75 Å². The maximum Gasteiger partial charge on any atom is 0.352 e. The summed E-state index contributed by atoms with van der Waals surface area (Å²) < 4.78 is 12.7. The third-order valence-electron chi connectivity index (χ3n) is 9.60. The summed E-state index contributed by atoms with van der Waals surface area (Å²) in [5.74, 6) is 2.14. The van der Waals surface area contributed by atoms with Gasteiger partial charge in [0, 0.05) is 85.1 Å². The van der Waals surface area contributed by atoms with E-state index in [9.17, 15) is 9.90 Å². The molecule has 11 heteroatoms. The van der Waals surface area contributed by atoms with Gasteiger partial charge >= 0.3 is 5.97 Å². The van der Waals surface area contributed by atoms with Gasteiger partial charge in [-0.2, -0.15) is 10.2 Å². The molecular weight excluding hydrogens is 674 g/mol. The number of fused-ring (bicyclic) bond motifs is 10. The van der Waals surface area contributed by atoms with E-state index in [2.05, 4.69) is 59.6 Å². The molecule has 0 unspecified atom stereocenters. The highest BCUT2D eigenvalue weighted by molar-refractivity contribution is 7.98. The normalized spacial score (nSPS) is 15.4. The molecule has 0 atom stereocenters. The molecule has 0 fully saturated rings. The molecule has 6 aromatic rings. The van der Waals surface area contributed by atoms with Crippen LogP contribution in [0.4, 0.5) is 0 Å². The van der Waals surface area contributed by atoms with Gasteiger partial charge in [-0.3, -0.25) is 9.36 Å². The molecule has 0 saturated carbocycles. The molecule has 2 aliphatic rings. The summed E-state index contributed by atoms with van der Waals surface area (Å²) in [6, 6.07) is 19.0. The van der Waals surface area contributed by atoms with E-state index in [1.807, 2.05) is 29.7 Å². The summed E-state index contributed by atoms with van der Waals surface area (Å²) in [6.45, 7) is 8.08. The van der Waals surface area contributed by atoms with E-state index in [1.165, 1.54) is 11.4 Å². The highest BCUT2D eigenvalue weighted by Gasteiger charge is 2.29. The molecule has 8 rings (SSSR count). The minimum Gasteiger partial charge on any atom is -0.493 e. The molecule has 2 aliphatic heterocycles. The average Bonchev–Trinajstić information content (AvgIpc) is 3.84. The quantitative estimate of drug-likeness (QED) is 0.191. The lowest BCUT2D eigenvalue weighted by molar-refractivity contribution is 0.0684. The zero-order chi connectivity index (χ0) is 33.8. The molecule has 8 nitrogen and oxygen atoms in total. The zero-order valence-corrected chi connectivity index (χ0v) is 30.2. The van der Waals surface area contributed by atoms with Gasteiger partial charge in [0.1, 0.15) is 11.4 Å². The van der Waals surface area contributed by atoms with Gasteiger partial charge in [-0.1, -0.05) is 35.9 Å². The molecule has 0 aliphatic carbocycles. The third-order valence-corrected chi connectivity index (χ3v) is 11.9. The van der Waals surface area contributed by atoms with Crippen LogP contribution in [0.3, 0.4) is 0 Å². The van der Waals surface area contributed by atoms with Crippen molar-refractivity contribution >= 4 is 62.8 Å². The second kappa shape index (κ2) is 13.1. The topological polar surface area (TPSA) is 87.1 Å². The maximum atomic E-state index is 12.8. The highest BCUT2D eigenvalue weighted by atomic mass is 35.5. The van der Waals surface area contributed by atoms with Crippen LogP contribution < -0.4 is 4.74 Å². The fourth-order valence-electron chi connectivity index (χ4n) is 7.52. The summed E-state index contributed by atoms with van der Waals surface area (Å²) in [5, 5.41) is 24.3. The first-order valence-corrected chi connectivity index (χ1v) is 19.4. The van der Waals surface area contributed by atoms with Gasteiger partial charge in [0.25, 0.3) is 0 Å². The second-order valence-corrected chi connectivity index (χ2v) is 15.6. The number of aromatic nitrogens is 5. The van der Waals surface area contributed by atoms with Crippen molar-refractivity contribution in [1.29, 1.82) is 0 Å². The van der Waals surface area contributed by atoms with Crippen molar-refractivity contribution in [2.24, 2.45) is 0 Å². The van der Waals surface area contributed by atoms with Gasteiger partial charge in [0.2, 0.25) is 0 Å². The van der Waals surface area contributed by atoms with Gasteiger partial charge in [0.05, 0.1) is 18.0 Å². The van der Waals surface area contributed by atoms with E-state index in [0.29, 0.717) is 36.0 Å². The number of rotatable bonds is 2. The minimum atomic E-state index is -0.946. The molecule has 3 aromatic heterocycles. The SMILES string of the molecule is Cc1c(C(=O)O)n2c3ccc(Cl)c(c13)-c1c(nn3c1CCC3)CSCc1cc(n(C(C)C)n1)CSc1cc(c3ccccc3c1)OCCC2. The Morgan fingerprint density at radius 2 is 1.86 bits per heavy atom. The first-order valence-electron chi connectivity index (χ1n) is 16.9. The van der Waals surface area contributed by atoms with Crippen LogP contribution in [-0.2, 0) is 36.8 Å². The van der Waals surface area contributed by atoms with E-state index in [4.69, 9.17) is 26.5 Å². The molecule has 0 amide bonds. The van der Waals surface area contributed by atoms with E-state index in [0.717, 1.165) is 91.3 Å². The Kier molecular flexibility index (Phi) is 8.66. The number of nitrogens with zero attached hydrogens (tertiary/aromatic N) is 5. The molecule has 252 valence electrons. The Labute approximate surface area is 298 Å². The molecule has 3 aromatic carbocycles. The Hall–Kier alpha value is -3.86. The first-order chi connectivity index (χ1) is 23.8. The molecule has 0 saturated heterocycles. The molecule has 5 heterocycles. The van der Waals surface area contributed by atoms with Crippen LogP contribution in [0, 0.1) is 6.92 Å². The lowest BCUT2D eigenvalue weighted by atomic mass is 9.96. The van der Waals surface area contributed by atoms with Crippen LogP contribution >= 0.6 is 35.1 Å². The third kappa shape index (κ3) is 5.81. The molecule has 1 N–H and O–H groups in total. The van der Waals surface area contributed by atoms with Crippen LogP contribution in [0.2, 0.25) is 5.02 Å². The van der Waals surface area contributed by atoms with Gasteiger partial charge in [-0.25, -0.2) is 4.79 Å². The van der Waals surface area contributed by atoms with Crippen LogP contribution in [0.25, 0.3) is 32.8 Å². The van der Waals surface area contributed by atoms with Gasteiger partial charge in [0.15, 0.2) is 0 Å². The smallest absolute Gasteiger partial charge is 0.352 e. The fraction of sp³-hybridized carbons (Fsp3) is 0.342. The number of ether oxygens (including phenoxy) is 1. The number of aromatic carboxylic acids is 1. The second-order valence-electron chi connectivity index (χ2n) is 13.1. The Balaban J connectivity index is 1.26. The number of aryl methyl sites for hydroxylation is 3. The van der Waals surface area contributed by atoms with Gasteiger partial charge in [-0.05, 0) is 81.3 Å². The van der Waals surface area contributed by atoms with Crippen LogP contribution in [-0.4, -0.2) is 41.8 Å². The fourth-order valence-corrected chi connectivity index (χ4v) is 9.55. The summed E-state index contributed by atoms with van der Waals surface area (Å²) in [7, 11) is 0. The molecular formula is C38H38ClN5O3S2. The molecule has 0 radical (unpaired) electrons. The van der Waals surface area contributed by atoms with Crippen LogP contribution in [0.15, 0.2) is 59.5 Å². The number of thioether (sulfide) groups is 2. The number of carbonyl (C=O) groups is 1. The Morgan fingerprint density at radius 1 is 1.00 bits per heavy atom. The van der Waals surface area contributed by atoms with E-state index in [-0.39, 0.29) is 6.04 Å². The predicted molar refractivity (Wildman–Crippen MR) is 199 cm³/mol. The molecule has 8 bridgehead atoms. The van der Waals surface area contributed by atoms with Gasteiger partial charge < -0.3 is 14.4 Å². The summed E-state index contributed by atoms with van der Waals surface area (Å²) >= 11 is 10.7. The standard InChI is InChI=1S/C38H38ClN5O3S2/c1-22(2)44-26-17-25(40-44)19-48-21-30-36(32-10-6-14-43(32)41-30)35-29(39)11-12-31-34(35)23(3)37(38(45)46)42(31)13-7-15-47-33-18-27(49-20-26)16-24-8-4-5-9-28(24)33/h4-5,8-9,11-12,16-18,22H,6-7,10,13-15,19-21H2,1-3H3,(H,45,46). The van der Waals surface area contributed by atoms with Crippen molar-refractivity contribution in [2.75, 3.05) is 6.61 Å². The van der Waals surface area contributed by atoms with E-state index in [1.54, 1.807) is 23.5 Å².